The maximum atomic E-state index is 13.6. The van der Waals surface area contributed by atoms with Gasteiger partial charge in [-0.15, -0.1) is 0 Å². The van der Waals surface area contributed by atoms with Crippen molar-refractivity contribution in [2.75, 3.05) is 23.4 Å². The summed E-state index contributed by atoms with van der Waals surface area (Å²) in [6.45, 7) is 2.78. The average molecular weight is 500 g/mol. The second-order valence-electron chi connectivity index (χ2n) is 8.31. The molecule has 1 aliphatic rings. The van der Waals surface area contributed by atoms with Crippen molar-refractivity contribution >= 4 is 41.0 Å². The molecule has 9 heteroatoms. The van der Waals surface area contributed by atoms with Crippen LogP contribution < -0.4 is 10.2 Å². The van der Waals surface area contributed by atoms with E-state index in [9.17, 15) is 24.0 Å². The maximum Gasteiger partial charge on any atom is 0.338 e. The Morgan fingerprint density at radius 2 is 1.51 bits per heavy atom. The fourth-order valence-corrected chi connectivity index (χ4v) is 4.06. The number of hydrogen-bond acceptors (Lipinski definition) is 6. The van der Waals surface area contributed by atoms with Crippen LogP contribution in [0.15, 0.2) is 78.9 Å². The number of nitrogens with one attached hydrogen (secondary N) is 1. The fourth-order valence-electron chi connectivity index (χ4n) is 4.06. The minimum atomic E-state index is -1.06. The minimum absolute atomic E-state index is 0.168. The van der Waals surface area contributed by atoms with Crippen LogP contribution in [-0.2, 0) is 14.3 Å². The Morgan fingerprint density at radius 1 is 0.892 bits per heavy atom. The molecule has 1 unspecified atom stereocenters. The van der Waals surface area contributed by atoms with Crippen LogP contribution in [0, 0.1) is 0 Å². The molecule has 0 aliphatic carbocycles. The van der Waals surface area contributed by atoms with Gasteiger partial charge in [-0.05, 0) is 56.3 Å². The number of carbonyl (C=O) groups excluding carboxylic acids is 5. The highest BCUT2D eigenvalue weighted by atomic mass is 16.5. The summed E-state index contributed by atoms with van der Waals surface area (Å²) in [6.07, 6.45) is 0. The minimum Gasteiger partial charge on any atom is -0.462 e. The summed E-state index contributed by atoms with van der Waals surface area (Å²) in [5.41, 5.74) is 1.39. The number of nitrogens with zero attached hydrogens (tertiary/aromatic N) is 2. The normalized spacial score (nSPS) is 13.1. The molecule has 1 atom stereocenters. The molecule has 3 aromatic carbocycles. The van der Waals surface area contributed by atoms with Gasteiger partial charge in [0.2, 0.25) is 11.8 Å². The number of para-hydroxylation sites is 1. The van der Waals surface area contributed by atoms with Crippen molar-refractivity contribution in [1.29, 1.82) is 0 Å². The highest BCUT2D eigenvalue weighted by molar-refractivity contribution is 6.23. The quantitative estimate of drug-likeness (QED) is 0.375. The monoisotopic (exact) mass is 499 g/mol. The van der Waals surface area contributed by atoms with Crippen LogP contribution in [0.2, 0.25) is 0 Å². The molecular weight excluding hydrogens is 474 g/mol. The summed E-state index contributed by atoms with van der Waals surface area (Å²) in [5, 5.41) is 2.76. The van der Waals surface area contributed by atoms with Gasteiger partial charge in [-0.3, -0.25) is 29.0 Å². The van der Waals surface area contributed by atoms with E-state index in [1.807, 2.05) is 0 Å². The van der Waals surface area contributed by atoms with Gasteiger partial charge in [0.25, 0.3) is 11.8 Å². The third-order valence-corrected chi connectivity index (χ3v) is 5.88. The summed E-state index contributed by atoms with van der Waals surface area (Å²) in [5.74, 6) is -2.93. The number of benzene rings is 3. The van der Waals surface area contributed by atoms with Gasteiger partial charge in [-0.25, -0.2) is 4.79 Å². The largest absolute Gasteiger partial charge is 0.462 e. The van der Waals surface area contributed by atoms with E-state index in [1.54, 1.807) is 61.5 Å². The lowest BCUT2D eigenvalue weighted by atomic mass is 10.1. The van der Waals surface area contributed by atoms with Gasteiger partial charge in [-0.2, -0.15) is 0 Å². The van der Waals surface area contributed by atoms with Crippen molar-refractivity contribution in [1.82, 2.24) is 4.90 Å². The Morgan fingerprint density at radius 3 is 2.14 bits per heavy atom. The van der Waals surface area contributed by atoms with Gasteiger partial charge in [0.05, 0.1) is 23.3 Å². The molecule has 188 valence electrons. The molecular formula is C28H25N3O6. The van der Waals surface area contributed by atoms with Crippen molar-refractivity contribution in [2.45, 2.75) is 19.9 Å². The number of anilines is 2. The van der Waals surface area contributed by atoms with Gasteiger partial charge in [0.1, 0.15) is 12.6 Å². The van der Waals surface area contributed by atoms with E-state index >= 15 is 0 Å². The Hall–Kier alpha value is -4.79. The SMILES string of the molecule is CCOC(=O)c1cccc(N(C(=O)CN2C(=O)c3ccccc3C2=O)C(C)C(=O)Nc2ccccc2)c1. The van der Waals surface area contributed by atoms with E-state index in [4.69, 9.17) is 4.74 Å². The summed E-state index contributed by atoms with van der Waals surface area (Å²) in [6, 6.07) is 20.1. The molecule has 4 rings (SSSR count). The zero-order valence-electron chi connectivity index (χ0n) is 20.3. The molecule has 37 heavy (non-hydrogen) atoms. The molecule has 0 aromatic heterocycles. The van der Waals surface area contributed by atoms with Crippen molar-refractivity contribution < 1.29 is 28.7 Å². The summed E-state index contributed by atoms with van der Waals surface area (Å²) in [4.78, 5) is 66.8. The first-order valence-corrected chi connectivity index (χ1v) is 11.7. The first-order chi connectivity index (χ1) is 17.8. The third kappa shape index (κ3) is 5.25. The van der Waals surface area contributed by atoms with Crippen molar-refractivity contribution in [3.63, 3.8) is 0 Å². The van der Waals surface area contributed by atoms with Crippen molar-refractivity contribution in [3.05, 3.63) is 95.6 Å². The number of carbonyl (C=O) groups is 5. The zero-order chi connectivity index (χ0) is 26.5. The fraction of sp³-hybridized carbons (Fsp3) is 0.179. The maximum absolute atomic E-state index is 13.6. The number of ether oxygens (including phenoxy) is 1. The molecule has 1 aliphatic heterocycles. The van der Waals surface area contributed by atoms with Crippen LogP contribution in [0.25, 0.3) is 0 Å². The van der Waals surface area contributed by atoms with Gasteiger partial charge in [0, 0.05) is 11.4 Å². The zero-order valence-corrected chi connectivity index (χ0v) is 20.3. The second kappa shape index (κ2) is 10.9. The molecule has 0 fully saturated rings. The molecule has 0 saturated carbocycles. The predicted octanol–water partition coefficient (Wildman–Crippen LogP) is 3.52. The third-order valence-electron chi connectivity index (χ3n) is 5.88. The summed E-state index contributed by atoms with van der Waals surface area (Å²) < 4.78 is 5.06. The van der Waals surface area contributed by atoms with Crippen molar-refractivity contribution in [2.24, 2.45) is 0 Å². The lowest BCUT2D eigenvalue weighted by Crippen LogP contribution is -2.50. The lowest BCUT2D eigenvalue weighted by Gasteiger charge is -2.30. The highest BCUT2D eigenvalue weighted by Crippen LogP contribution is 2.25. The first kappa shape index (κ1) is 25.3. The molecule has 0 saturated heterocycles. The topological polar surface area (TPSA) is 113 Å². The van der Waals surface area contributed by atoms with Crippen LogP contribution in [0.3, 0.4) is 0 Å². The molecule has 9 nitrogen and oxygen atoms in total. The first-order valence-electron chi connectivity index (χ1n) is 11.7. The Kier molecular flexibility index (Phi) is 7.43. The Labute approximate surface area is 213 Å². The number of imide groups is 1. The van der Waals surface area contributed by atoms with E-state index < -0.39 is 42.2 Å². The molecule has 1 heterocycles. The number of hydrogen-bond donors (Lipinski definition) is 1. The van der Waals surface area contributed by atoms with Crippen LogP contribution in [0.1, 0.15) is 44.9 Å². The predicted molar refractivity (Wildman–Crippen MR) is 136 cm³/mol. The van der Waals surface area contributed by atoms with E-state index in [2.05, 4.69) is 5.32 Å². The van der Waals surface area contributed by atoms with Crippen molar-refractivity contribution in [3.8, 4) is 0 Å². The average Bonchev–Trinajstić information content (AvgIpc) is 3.14. The van der Waals surface area contributed by atoms with E-state index in [0.717, 1.165) is 4.90 Å². The van der Waals surface area contributed by atoms with Gasteiger partial charge >= 0.3 is 5.97 Å². The van der Waals surface area contributed by atoms with Crippen LogP contribution in [0.4, 0.5) is 11.4 Å². The van der Waals surface area contributed by atoms with Crippen LogP contribution in [-0.4, -0.2) is 53.7 Å². The molecule has 4 amide bonds. The smallest absolute Gasteiger partial charge is 0.338 e. The lowest BCUT2D eigenvalue weighted by molar-refractivity contribution is -0.123. The highest BCUT2D eigenvalue weighted by Gasteiger charge is 2.38. The molecule has 0 bridgehead atoms. The summed E-state index contributed by atoms with van der Waals surface area (Å²) in [7, 11) is 0. The van der Waals surface area contributed by atoms with Gasteiger partial charge < -0.3 is 10.1 Å². The molecule has 0 radical (unpaired) electrons. The molecule has 1 N–H and O–H groups in total. The standard InChI is InChI=1S/C28H25N3O6/c1-3-37-28(36)19-10-9-13-21(16-19)31(18(2)25(33)29-20-11-5-4-6-12-20)24(32)17-30-26(34)22-14-7-8-15-23(22)27(30)35/h4-16,18H,3,17H2,1-2H3,(H,29,33). The van der Waals surface area contributed by atoms with E-state index in [0.29, 0.717) is 5.69 Å². The Bertz CT molecular complexity index is 1340. The van der Waals surface area contributed by atoms with Crippen LogP contribution >= 0.6 is 0 Å². The van der Waals surface area contributed by atoms with E-state index in [-0.39, 0.29) is 29.0 Å². The molecule has 3 aromatic rings. The molecule has 0 spiro atoms. The number of esters is 1. The number of fused-ring (bicyclic) bond motifs is 1. The van der Waals surface area contributed by atoms with Gasteiger partial charge in [0.15, 0.2) is 0 Å². The summed E-state index contributed by atoms with van der Waals surface area (Å²) >= 11 is 0. The second-order valence-corrected chi connectivity index (χ2v) is 8.31. The van der Waals surface area contributed by atoms with E-state index in [1.165, 1.54) is 36.1 Å². The van der Waals surface area contributed by atoms with Gasteiger partial charge in [-0.1, -0.05) is 36.4 Å². The Balaban J connectivity index is 1.65. The van der Waals surface area contributed by atoms with Crippen LogP contribution in [0.5, 0.6) is 0 Å². The number of rotatable bonds is 8. The number of amides is 4.